The molecule has 26 heavy (non-hydrogen) atoms. The first-order valence-electron chi connectivity index (χ1n) is 7.99. The van der Waals surface area contributed by atoms with Crippen LogP contribution in [0.2, 0.25) is 0 Å². The summed E-state index contributed by atoms with van der Waals surface area (Å²) in [5, 5.41) is 0.275. The number of fused-ring (bicyclic) bond motifs is 1. The van der Waals surface area contributed by atoms with E-state index in [-0.39, 0.29) is 28.9 Å². The van der Waals surface area contributed by atoms with Crippen LogP contribution in [0.5, 0.6) is 5.75 Å². The predicted molar refractivity (Wildman–Crippen MR) is 95.4 cm³/mol. The van der Waals surface area contributed by atoms with Crippen molar-refractivity contribution in [3.8, 4) is 5.75 Å². The highest BCUT2D eigenvalue weighted by molar-refractivity contribution is 5.79. The number of hydrogen-bond donors (Lipinski definition) is 0. The lowest BCUT2D eigenvalue weighted by Crippen LogP contribution is -2.33. The number of likely N-dealkylation sites (N-methyl/N-ethyl adjacent to an activating group) is 1. The van der Waals surface area contributed by atoms with Gasteiger partial charge >= 0.3 is 0 Å². The third-order valence-electron chi connectivity index (χ3n) is 4.07. The molecule has 0 spiro atoms. The van der Waals surface area contributed by atoms with Gasteiger partial charge in [-0.25, -0.2) is 9.37 Å². The molecule has 134 valence electrons. The Kier molecular flexibility index (Phi) is 4.97. The van der Waals surface area contributed by atoms with Crippen LogP contribution in [0.3, 0.4) is 0 Å². The molecule has 0 bridgehead atoms. The fourth-order valence-electron chi connectivity index (χ4n) is 2.64. The molecule has 0 N–H and O–H groups in total. The molecule has 0 saturated carbocycles. The zero-order valence-electron chi connectivity index (χ0n) is 14.5. The van der Waals surface area contributed by atoms with E-state index in [0.29, 0.717) is 12.3 Å². The van der Waals surface area contributed by atoms with Crippen molar-refractivity contribution in [2.24, 2.45) is 0 Å². The highest BCUT2D eigenvalue weighted by atomic mass is 19.1. The lowest BCUT2D eigenvalue weighted by atomic mass is 10.2. The summed E-state index contributed by atoms with van der Waals surface area (Å²) in [6, 6.07) is 11.2. The molecule has 0 aliphatic heterocycles. The Morgan fingerprint density at radius 1 is 1.27 bits per heavy atom. The third kappa shape index (κ3) is 3.72. The molecule has 0 atom stereocenters. The molecule has 0 aliphatic carbocycles. The van der Waals surface area contributed by atoms with Crippen LogP contribution >= 0.6 is 0 Å². The van der Waals surface area contributed by atoms with E-state index >= 15 is 0 Å². The normalized spacial score (nSPS) is 10.7. The molecule has 2 aromatic carbocycles. The molecule has 0 radical (unpaired) electrons. The summed E-state index contributed by atoms with van der Waals surface area (Å²) < 4.78 is 19.6. The van der Waals surface area contributed by atoms with Crippen molar-refractivity contribution >= 4 is 16.8 Å². The Balaban J connectivity index is 1.76. The quantitative estimate of drug-likeness (QED) is 0.704. The number of amides is 1. The van der Waals surface area contributed by atoms with E-state index in [2.05, 4.69) is 4.98 Å². The zero-order valence-corrected chi connectivity index (χ0v) is 14.5. The van der Waals surface area contributed by atoms with Crippen LogP contribution in [-0.4, -0.2) is 34.5 Å². The largest absolute Gasteiger partial charge is 0.497 e. The number of aromatic nitrogens is 2. The lowest BCUT2D eigenvalue weighted by molar-refractivity contribution is -0.131. The summed E-state index contributed by atoms with van der Waals surface area (Å²) in [7, 11) is 3.25. The van der Waals surface area contributed by atoms with E-state index in [0.717, 1.165) is 5.56 Å². The highest BCUT2D eigenvalue weighted by Crippen LogP contribution is 2.14. The minimum Gasteiger partial charge on any atom is -0.497 e. The number of nitrogens with zero attached hydrogens (tertiary/aromatic N) is 3. The minimum atomic E-state index is -0.462. The molecule has 0 aliphatic rings. The topological polar surface area (TPSA) is 64.4 Å². The number of methoxy groups -OCH3 is 1. The van der Waals surface area contributed by atoms with Crippen molar-refractivity contribution in [3.63, 3.8) is 0 Å². The van der Waals surface area contributed by atoms with Crippen LogP contribution in [0.1, 0.15) is 5.56 Å². The maximum atomic E-state index is 13.2. The zero-order chi connectivity index (χ0) is 18.7. The number of hydrogen-bond acceptors (Lipinski definition) is 4. The van der Waals surface area contributed by atoms with Gasteiger partial charge in [0.2, 0.25) is 5.91 Å². The average Bonchev–Trinajstić information content (AvgIpc) is 2.64. The fraction of sp³-hybridized carbons (Fsp3) is 0.211. The molecule has 3 rings (SSSR count). The van der Waals surface area contributed by atoms with E-state index < -0.39 is 5.82 Å². The van der Waals surface area contributed by atoms with Crippen LogP contribution in [0.25, 0.3) is 10.9 Å². The second-order valence-electron chi connectivity index (χ2n) is 5.94. The number of halogens is 1. The molecule has 3 aromatic rings. The van der Waals surface area contributed by atoms with Crippen LogP contribution in [0.4, 0.5) is 4.39 Å². The van der Waals surface area contributed by atoms with Crippen LogP contribution < -0.4 is 10.3 Å². The Hall–Kier alpha value is -3.22. The van der Waals surface area contributed by atoms with Gasteiger partial charge in [0, 0.05) is 19.7 Å². The Morgan fingerprint density at radius 2 is 2.08 bits per heavy atom. The number of carbonyl (C=O) groups is 1. The number of benzene rings is 2. The minimum absolute atomic E-state index is 0.139. The fourth-order valence-corrected chi connectivity index (χ4v) is 2.64. The summed E-state index contributed by atoms with van der Waals surface area (Å²) in [6.45, 7) is 0.247. The second-order valence-corrected chi connectivity index (χ2v) is 5.94. The van der Waals surface area contributed by atoms with Gasteiger partial charge < -0.3 is 9.64 Å². The Bertz CT molecular complexity index is 1020. The first kappa shape index (κ1) is 17.6. The van der Waals surface area contributed by atoms with Crippen molar-refractivity contribution in [2.75, 3.05) is 14.2 Å². The van der Waals surface area contributed by atoms with Crippen LogP contribution in [0.15, 0.2) is 53.6 Å². The van der Waals surface area contributed by atoms with E-state index in [1.807, 2.05) is 24.3 Å². The van der Waals surface area contributed by atoms with E-state index in [1.165, 1.54) is 34.0 Å². The summed E-state index contributed by atoms with van der Waals surface area (Å²) in [4.78, 5) is 30.5. The summed E-state index contributed by atoms with van der Waals surface area (Å²) in [5.74, 6) is 0.0139. The molecule has 1 heterocycles. The second kappa shape index (κ2) is 7.35. The van der Waals surface area contributed by atoms with Crippen molar-refractivity contribution in [1.82, 2.24) is 14.5 Å². The van der Waals surface area contributed by atoms with E-state index in [9.17, 15) is 14.0 Å². The SMILES string of the molecule is COc1cccc(CN(C)C(=O)Cn2cnc3cc(F)ccc3c2=O)c1. The number of ether oxygens (including phenoxy) is 1. The van der Waals surface area contributed by atoms with Gasteiger partial charge in [-0.05, 0) is 29.8 Å². The smallest absolute Gasteiger partial charge is 0.261 e. The van der Waals surface area contributed by atoms with Crippen LogP contribution in [-0.2, 0) is 17.9 Å². The van der Waals surface area contributed by atoms with Crippen molar-refractivity contribution in [3.05, 3.63) is 70.5 Å². The number of carbonyl (C=O) groups excluding carboxylic acids is 1. The average molecular weight is 355 g/mol. The predicted octanol–water partition coefficient (Wildman–Crippen LogP) is 2.20. The molecular formula is C19H18FN3O3. The molecule has 0 saturated heterocycles. The maximum absolute atomic E-state index is 13.2. The maximum Gasteiger partial charge on any atom is 0.261 e. The first-order valence-corrected chi connectivity index (χ1v) is 7.99. The van der Waals surface area contributed by atoms with Gasteiger partial charge in [-0.1, -0.05) is 12.1 Å². The van der Waals surface area contributed by atoms with Crippen LogP contribution in [0, 0.1) is 5.82 Å². The molecule has 0 unspecified atom stereocenters. The van der Waals surface area contributed by atoms with Gasteiger partial charge in [-0.2, -0.15) is 0 Å². The monoisotopic (exact) mass is 355 g/mol. The van der Waals surface area contributed by atoms with E-state index in [4.69, 9.17) is 4.74 Å². The van der Waals surface area contributed by atoms with Gasteiger partial charge in [-0.3, -0.25) is 14.2 Å². The standard InChI is InChI=1S/C19H18FN3O3/c1-22(10-13-4-3-5-15(8-13)26-2)18(24)11-23-12-21-17-9-14(20)6-7-16(17)19(23)25/h3-9,12H,10-11H2,1-2H3. The van der Waals surface area contributed by atoms with Gasteiger partial charge in [0.05, 0.1) is 24.3 Å². The van der Waals surface area contributed by atoms with Gasteiger partial charge in [0.25, 0.3) is 5.56 Å². The van der Waals surface area contributed by atoms with Gasteiger partial charge in [0.1, 0.15) is 18.1 Å². The molecule has 0 fully saturated rings. The highest BCUT2D eigenvalue weighted by Gasteiger charge is 2.13. The number of rotatable bonds is 5. The third-order valence-corrected chi connectivity index (χ3v) is 4.07. The van der Waals surface area contributed by atoms with Crippen molar-refractivity contribution < 1.29 is 13.9 Å². The molecule has 1 aromatic heterocycles. The Morgan fingerprint density at radius 3 is 2.85 bits per heavy atom. The molecule has 7 heteroatoms. The molecular weight excluding hydrogens is 337 g/mol. The van der Waals surface area contributed by atoms with Crippen molar-refractivity contribution in [2.45, 2.75) is 13.1 Å². The van der Waals surface area contributed by atoms with Gasteiger partial charge in [0.15, 0.2) is 0 Å². The first-order chi connectivity index (χ1) is 12.5. The van der Waals surface area contributed by atoms with Crippen molar-refractivity contribution in [1.29, 1.82) is 0 Å². The molecule has 1 amide bonds. The van der Waals surface area contributed by atoms with Gasteiger partial charge in [-0.15, -0.1) is 0 Å². The molecule has 6 nitrogen and oxygen atoms in total. The summed E-state index contributed by atoms with van der Waals surface area (Å²) in [6.07, 6.45) is 1.27. The lowest BCUT2D eigenvalue weighted by Gasteiger charge is -2.18. The summed E-state index contributed by atoms with van der Waals surface area (Å²) in [5.41, 5.74) is 0.807. The Labute approximate surface area is 149 Å². The summed E-state index contributed by atoms with van der Waals surface area (Å²) >= 11 is 0. The van der Waals surface area contributed by atoms with E-state index in [1.54, 1.807) is 14.2 Å².